The predicted molar refractivity (Wildman–Crippen MR) is 306 cm³/mol. The summed E-state index contributed by atoms with van der Waals surface area (Å²) in [5.74, 6) is -0.664. The molecule has 5 heteroatoms. The maximum atomic E-state index is 12.3. The topological polar surface area (TPSA) is 72.8 Å². The van der Waals surface area contributed by atoms with Crippen molar-refractivity contribution in [1.82, 2.24) is 0 Å². The first-order chi connectivity index (χ1) is 34.6. The number of allylic oxidation sites excluding steroid dienone is 24. The Morgan fingerprint density at radius 3 is 0.900 bits per heavy atom. The standard InChI is InChI=1S/C65H104O5/c1-3-5-7-9-11-13-15-17-19-21-22-23-24-25-26-27-28-29-30-31-32-33-34-35-36-37-38-39-40-41-42-44-46-48-50-52-54-56-58-60-65(68)70-63(61-66)62-69-64(67)59-57-55-53-51-49-47-45-43-20-18-16-14-12-10-8-6-4-2/h5-8,11-14,17-20,22-23,25-26,28-29,31-32,45,47,51,53,63,66H,3-4,9-10,15-16,21,24,27,30,33-44,46,48-50,52,54-62H2,1-2H3/b7-5-,8-6-,13-11-,14-12-,19-17-,20-18-,23-22-,26-25-,29-28-,32-31-,47-45-,53-51-. The molecule has 0 saturated carbocycles. The number of carbonyl (C=O) groups excluding carboxylic acids is 2. The second kappa shape index (κ2) is 59.1. The first-order valence-corrected chi connectivity index (χ1v) is 28.4. The van der Waals surface area contributed by atoms with Gasteiger partial charge in [0.05, 0.1) is 6.61 Å². The number of rotatable bonds is 50. The summed E-state index contributed by atoms with van der Waals surface area (Å²) >= 11 is 0. The molecule has 0 aliphatic heterocycles. The van der Waals surface area contributed by atoms with Gasteiger partial charge in [0.1, 0.15) is 6.61 Å². The Hall–Kier alpha value is -4.22. The molecule has 0 rings (SSSR count). The minimum Gasteiger partial charge on any atom is -0.462 e. The van der Waals surface area contributed by atoms with Crippen LogP contribution in [0.15, 0.2) is 146 Å². The lowest BCUT2D eigenvalue weighted by Gasteiger charge is -2.15. The molecule has 5 nitrogen and oxygen atoms in total. The molecule has 0 aliphatic carbocycles. The zero-order valence-electron chi connectivity index (χ0n) is 45.0. The minimum atomic E-state index is -0.804. The molecule has 1 unspecified atom stereocenters. The quantitative estimate of drug-likeness (QED) is 0.0374. The SMILES string of the molecule is CC/C=C\C/C=C\C/C=C\C/C=C\C/C=C\C/C=C\C/C=C\CCCCCCCCCCCCCCCCCCCC(=O)OC(CO)COC(=O)CCC/C=C\C/C=C\C/C=C\C/C=C\C/C=C\CC. The fourth-order valence-corrected chi connectivity index (χ4v) is 7.45. The van der Waals surface area contributed by atoms with Gasteiger partial charge in [0, 0.05) is 12.8 Å². The van der Waals surface area contributed by atoms with Crippen LogP contribution in [0.2, 0.25) is 0 Å². The Balaban J connectivity index is 3.54. The Morgan fingerprint density at radius 1 is 0.329 bits per heavy atom. The van der Waals surface area contributed by atoms with Crippen LogP contribution in [0.5, 0.6) is 0 Å². The number of esters is 2. The van der Waals surface area contributed by atoms with Gasteiger partial charge in [0.2, 0.25) is 0 Å². The van der Waals surface area contributed by atoms with Gasteiger partial charge in [0.25, 0.3) is 0 Å². The van der Waals surface area contributed by atoms with Crippen molar-refractivity contribution in [3.05, 3.63) is 146 Å². The Kier molecular flexibility index (Phi) is 55.5. The number of aliphatic hydroxyl groups excluding tert-OH is 1. The summed E-state index contributed by atoms with van der Waals surface area (Å²) in [4.78, 5) is 24.4. The second-order valence-electron chi connectivity index (χ2n) is 18.2. The van der Waals surface area contributed by atoms with E-state index in [1.54, 1.807) is 0 Å². The largest absolute Gasteiger partial charge is 0.462 e. The summed E-state index contributed by atoms with van der Waals surface area (Å²) in [6.07, 6.45) is 89.8. The van der Waals surface area contributed by atoms with Crippen LogP contribution in [0.3, 0.4) is 0 Å². The monoisotopic (exact) mass is 965 g/mol. The van der Waals surface area contributed by atoms with Crippen molar-refractivity contribution in [1.29, 1.82) is 0 Å². The zero-order chi connectivity index (χ0) is 50.6. The van der Waals surface area contributed by atoms with Gasteiger partial charge in [-0.2, -0.15) is 0 Å². The molecule has 0 amide bonds. The van der Waals surface area contributed by atoms with E-state index in [-0.39, 0.29) is 25.2 Å². The number of unbranched alkanes of at least 4 members (excludes halogenated alkanes) is 18. The molecule has 1 N–H and O–H groups in total. The van der Waals surface area contributed by atoms with E-state index in [9.17, 15) is 14.7 Å². The van der Waals surface area contributed by atoms with Crippen LogP contribution in [0, 0.1) is 0 Å². The average molecular weight is 966 g/mol. The van der Waals surface area contributed by atoms with Crippen molar-refractivity contribution in [3.63, 3.8) is 0 Å². The van der Waals surface area contributed by atoms with E-state index in [1.165, 1.54) is 96.3 Å². The highest BCUT2D eigenvalue weighted by molar-refractivity contribution is 5.70. The molecule has 0 aliphatic rings. The van der Waals surface area contributed by atoms with E-state index < -0.39 is 6.10 Å². The maximum absolute atomic E-state index is 12.3. The first-order valence-electron chi connectivity index (χ1n) is 28.4. The molecule has 0 aromatic carbocycles. The third-order valence-electron chi connectivity index (χ3n) is 11.6. The summed E-state index contributed by atoms with van der Waals surface area (Å²) < 4.78 is 10.6. The van der Waals surface area contributed by atoms with E-state index >= 15 is 0 Å². The number of ether oxygens (including phenoxy) is 2. The van der Waals surface area contributed by atoms with E-state index in [0.29, 0.717) is 19.3 Å². The van der Waals surface area contributed by atoms with Crippen LogP contribution in [-0.4, -0.2) is 36.4 Å². The third kappa shape index (κ3) is 56.4. The summed E-state index contributed by atoms with van der Waals surface area (Å²) in [5.41, 5.74) is 0. The number of hydrogen-bond donors (Lipinski definition) is 1. The minimum absolute atomic E-state index is 0.102. The smallest absolute Gasteiger partial charge is 0.306 e. The van der Waals surface area contributed by atoms with E-state index in [0.717, 1.165) is 103 Å². The number of carbonyl (C=O) groups is 2. The van der Waals surface area contributed by atoms with E-state index in [1.807, 2.05) is 0 Å². The second-order valence-corrected chi connectivity index (χ2v) is 18.2. The zero-order valence-corrected chi connectivity index (χ0v) is 45.0. The number of hydrogen-bond acceptors (Lipinski definition) is 5. The molecule has 0 fully saturated rings. The van der Waals surface area contributed by atoms with Crippen LogP contribution in [0.4, 0.5) is 0 Å². The molecule has 0 heterocycles. The Morgan fingerprint density at radius 2 is 0.586 bits per heavy atom. The van der Waals surface area contributed by atoms with Gasteiger partial charge < -0.3 is 14.6 Å². The van der Waals surface area contributed by atoms with Crippen LogP contribution < -0.4 is 0 Å². The summed E-state index contributed by atoms with van der Waals surface area (Å²) in [7, 11) is 0. The van der Waals surface area contributed by atoms with Crippen LogP contribution in [0.25, 0.3) is 0 Å². The molecular formula is C65H104O5. The highest BCUT2D eigenvalue weighted by Crippen LogP contribution is 2.15. The lowest BCUT2D eigenvalue weighted by Crippen LogP contribution is -2.28. The van der Waals surface area contributed by atoms with Crippen molar-refractivity contribution in [2.24, 2.45) is 0 Å². The first kappa shape index (κ1) is 65.8. The fraction of sp³-hybridized carbons (Fsp3) is 0.600. The number of aliphatic hydroxyl groups is 1. The van der Waals surface area contributed by atoms with Gasteiger partial charge in [-0.3, -0.25) is 9.59 Å². The fourth-order valence-electron chi connectivity index (χ4n) is 7.45. The molecular weight excluding hydrogens is 861 g/mol. The molecule has 0 spiro atoms. The highest BCUT2D eigenvalue weighted by Gasteiger charge is 2.16. The van der Waals surface area contributed by atoms with E-state index in [2.05, 4.69) is 160 Å². The van der Waals surface area contributed by atoms with Gasteiger partial charge in [0.15, 0.2) is 6.10 Å². The Bertz CT molecular complexity index is 1510. The van der Waals surface area contributed by atoms with Crippen molar-refractivity contribution in [2.45, 2.75) is 238 Å². The van der Waals surface area contributed by atoms with Gasteiger partial charge in [-0.05, 0) is 109 Å². The predicted octanol–water partition coefficient (Wildman–Crippen LogP) is 19.4. The van der Waals surface area contributed by atoms with Crippen molar-refractivity contribution < 1.29 is 24.2 Å². The van der Waals surface area contributed by atoms with E-state index in [4.69, 9.17) is 9.47 Å². The summed E-state index contributed by atoms with van der Waals surface area (Å²) in [5, 5.41) is 9.63. The molecule has 0 bridgehead atoms. The van der Waals surface area contributed by atoms with Crippen molar-refractivity contribution >= 4 is 11.9 Å². The third-order valence-corrected chi connectivity index (χ3v) is 11.6. The lowest BCUT2D eigenvalue weighted by atomic mass is 10.0. The van der Waals surface area contributed by atoms with Crippen molar-refractivity contribution in [3.8, 4) is 0 Å². The molecule has 1 atom stereocenters. The van der Waals surface area contributed by atoms with Gasteiger partial charge in [-0.15, -0.1) is 0 Å². The lowest BCUT2D eigenvalue weighted by molar-refractivity contribution is -0.161. The molecule has 394 valence electrons. The molecule has 0 aromatic heterocycles. The summed E-state index contributed by atoms with van der Waals surface area (Å²) in [6, 6.07) is 0. The van der Waals surface area contributed by atoms with Crippen LogP contribution in [-0.2, 0) is 19.1 Å². The van der Waals surface area contributed by atoms with Gasteiger partial charge in [-0.1, -0.05) is 256 Å². The highest BCUT2D eigenvalue weighted by atomic mass is 16.6. The Labute approximate surface area is 431 Å². The van der Waals surface area contributed by atoms with Crippen LogP contribution >= 0.6 is 0 Å². The van der Waals surface area contributed by atoms with Crippen molar-refractivity contribution in [2.75, 3.05) is 13.2 Å². The van der Waals surface area contributed by atoms with Crippen LogP contribution in [0.1, 0.15) is 232 Å². The molecule has 0 saturated heterocycles. The maximum Gasteiger partial charge on any atom is 0.306 e. The summed E-state index contributed by atoms with van der Waals surface area (Å²) in [6.45, 7) is 3.86. The molecule has 0 radical (unpaired) electrons. The normalized spacial score (nSPS) is 13.4. The average Bonchev–Trinajstić information content (AvgIpc) is 3.36. The molecule has 70 heavy (non-hydrogen) atoms. The van der Waals surface area contributed by atoms with Gasteiger partial charge >= 0.3 is 11.9 Å². The molecule has 0 aromatic rings. The van der Waals surface area contributed by atoms with Gasteiger partial charge in [-0.25, -0.2) is 0 Å².